The summed E-state index contributed by atoms with van der Waals surface area (Å²) in [7, 11) is 0. The van der Waals surface area contributed by atoms with Crippen molar-refractivity contribution in [1.29, 1.82) is 0 Å². The molecule has 0 fully saturated rings. The Balaban J connectivity index is 0.000000231. The lowest BCUT2D eigenvalue weighted by Gasteiger charge is -2.15. The van der Waals surface area contributed by atoms with Gasteiger partial charge in [0.25, 0.3) is 0 Å². The molecule has 0 bridgehead atoms. The smallest absolute Gasteiger partial charge is 0.0392 e. The zero-order valence-electron chi connectivity index (χ0n) is 17.1. The van der Waals surface area contributed by atoms with E-state index in [9.17, 15) is 0 Å². The van der Waals surface area contributed by atoms with E-state index < -0.39 is 0 Å². The van der Waals surface area contributed by atoms with Crippen molar-refractivity contribution >= 4 is 0 Å². The van der Waals surface area contributed by atoms with E-state index in [1.807, 2.05) is 0 Å². The number of hydrogen-bond acceptors (Lipinski definition) is 0. The highest BCUT2D eigenvalue weighted by atomic mass is 14.1. The van der Waals surface area contributed by atoms with Crippen molar-refractivity contribution in [3.8, 4) is 0 Å². The second kappa shape index (κ2) is 7.34. The maximum absolute atomic E-state index is 2.26. The van der Waals surface area contributed by atoms with Crippen LogP contribution in [0.5, 0.6) is 0 Å². The fourth-order valence-corrected chi connectivity index (χ4v) is 3.10. The van der Waals surface area contributed by atoms with Gasteiger partial charge in [-0.05, 0) is 137 Å². The molecule has 0 radical (unpaired) electrons. The first-order valence-electron chi connectivity index (χ1n) is 8.58. The lowest BCUT2D eigenvalue weighted by atomic mass is 9.90. The number of benzene rings is 2. The molecule has 0 heteroatoms. The Morgan fingerprint density at radius 1 is 0.304 bits per heavy atom. The summed E-state index contributed by atoms with van der Waals surface area (Å²) in [5, 5.41) is 0. The van der Waals surface area contributed by atoms with E-state index in [0.29, 0.717) is 0 Å². The van der Waals surface area contributed by atoms with Crippen molar-refractivity contribution < 1.29 is 0 Å². The Morgan fingerprint density at radius 3 is 0.696 bits per heavy atom. The van der Waals surface area contributed by atoms with Gasteiger partial charge in [0.2, 0.25) is 0 Å². The largest absolute Gasteiger partial charge is 0.0558 e. The highest BCUT2D eigenvalue weighted by Gasteiger charge is 2.07. The molecule has 0 N–H and O–H groups in total. The summed E-state index contributed by atoms with van der Waals surface area (Å²) in [5.41, 5.74) is 15.9. The average molecular weight is 311 g/mol. The number of hydrogen-bond donors (Lipinski definition) is 0. The molecule has 0 atom stereocenters. The van der Waals surface area contributed by atoms with Crippen molar-refractivity contribution in [2.24, 2.45) is 0 Å². The molecule has 2 aromatic carbocycles. The van der Waals surface area contributed by atoms with Crippen LogP contribution >= 0.6 is 0 Å². The lowest BCUT2D eigenvalue weighted by Crippen LogP contribution is -1.98. The molecule has 2 aromatic rings. The molecule has 0 aliphatic carbocycles. The minimum atomic E-state index is 1.41. The fraction of sp³-hybridized carbons (Fsp3) is 0.478. The maximum atomic E-state index is 2.26. The van der Waals surface area contributed by atoms with Crippen molar-refractivity contribution in [3.05, 3.63) is 67.3 Å². The molecule has 0 saturated carbocycles. The summed E-state index contributed by atoms with van der Waals surface area (Å²) in [4.78, 5) is 0. The first-order chi connectivity index (χ1) is 10.5. The zero-order chi connectivity index (χ0) is 18.1. The topological polar surface area (TPSA) is 0 Å². The molecule has 0 saturated heterocycles. The molecule has 0 aliphatic rings. The van der Waals surface area contributed by atoms with Gasteiger partial charge in [0.05, 0.1) is 0 Å². The molecular weight excluding hydrogens is 276 g/mol. The predicted molar refractivity (Wildman–Crippen MR) is 105 cm³/mol. The summed E-state index contributed by atoms with van der Waals surface area (Å²) in [5.74, 6) is 0. The molecule has 0 spiro atoms. The summed E-state index contributed by atoms with van der Waals surface area (Å²) in [6.07, 6.45) is 0. The molecule has 2 rings (SSSR count). The molecule has 0 aliphatic heterocycles. The van der Waals surface area contributed by atoms with Crippen molar-refractivity contribution in [1.82, 2.24) is 0 Å². The highest BCUT2D eigenvalue weighted by Crippen LogP contribution is 2.24. The zero-order valence-corrected chi connectivity index (χ0v) is 17.1. The van der Waals surface area contributed by atoms with Crippen LogP contribution < -0.4 is 0 Å². The molecular formula is C23H34. The Labute approximate surface area is 144 Å². The van der Waals surface area contributed by atoms with Crippen molar-refractivity contribution in [2.45, 2.75) is 76.2 Å². The minimum Gasteiger partial charge on any atom is -0.0558 e. The maximum Gasteiger partial charge on any atom is -0.0392 e. The standard InChI is InChI=1S/C12H18.C11H16/c1-7-8(2)10(4)12(6)11(5)9(7)3;1-7-6-8(2)10(4)11(5)9(7)3/h1-6H3;6H,1-5H3. The summed E-state index contributed by atoms with van der Waals surface area (Å²) < 4.78 is 0. The van der Waals surface area contributed by atoms with Gasteiger partial charge in [-0.25, -0.2) is 0 Å². The molecule has 0 heterocycles. The van der Waals surface area contributed by atoms with Gasteiger partial charge in [0, 0.05) is 0 Å². The SMILES string of the molecule is Cc1c(C)c(C)c(C)c(C)c1C.Cc1cc(C)c(C)c(C)c1C. The van der Waals surface area contributed by atoms with E-state index in [-0.39, 0.29) is 0 Å². The van der Waals surface area contributed by atoms with Gasteiger partial charge < -0.3 is 0 Å². The van der Waals surface area contributed by atoms with Crippen LogP contribution in [0.25, 0.3) is 0 Å². The van der Waals surface area contributed by atoms with Gasteiger partial charge in [-0.2, -0.15) is 0 Å². The summed E-state index contributed by atoms with van der Waals surface area (Å²) >= 11 is 0. The third kappa shape index (κ3) is 3.86. The van der Waals surface area contributed by atoms with E-state index >= 15 is 0 Å². The average Bonchev–Trinajstić information content (AvgIpc) is 2.53. The van der Waals surface area contributed by atoms with Crippen molar-refractivity contribution in [2.75, 3.05) is 0 Å². The molecule has 0 aromatic heterocycles. The van der Waals surface area contributed by atoms with Gasteiger partial charge in [0.15, 0.2) is 0 Å². The molecule has 0 amide bonds. The van der Waals surface area contributed by atoms with E-state index in [1.165, 1.54) is 61.2 Å². The highest BCUT2D eigenvalue weighted by molar-refractivity contribution is 5.48. The van der Waals surface area contributed by atoms with E-state index in [2.05, 4.69) is 82.2 Å². The Bertz CT molecular complexity index is 599. The molecule has 0 unspecified atom stereocenters. The third-order valence-corrected chi connectivity index (χ3v) is 6.12. The molecule has 0 nitrogen and oxygen atoms in total. The second-order valence-electron chi connectivity index (χ2n) is 7.14. The Hall–Kier alpha value is -1.56. The normalized spacial score (nSPS) is 10.4. The van der Waals surface area contributed by atoms with Crippen LogP contribution in [-0.4, -0.2) is 0 Å². The molecule has 23 heavy (non-hydrogen) atoms. The van der Waals surface area contributed by atoms with Gasteiger partial charge in [-0.3, -0.25) is 0 Å². The second-order valence-corrected chi connectivity index (χ2v) is 7.14. The van der Waals surface area contributed by atoms with Gasteiger partial charge >= 0.3 is 0 Å². The quantitative estimate of drug-likeness (QED) is 0.504. The third-order valence-electron chi connectivity index (χ3n) is 6.12. The Morgan fingerprint density at radius 2 is 0.478 bits per heavy atom. The monoisotopic (exact) mass is 310 g/mol. The van der Waals surface area contributed by atoms with Crippen LogP contribution in [0.1, 0.15) is 61.2 Å². The van der Waals surface area contributed by atoms with Gasteiger partial charge in [-0.15, -0.1) is 0 Å². The number of rotatable bonds is 0. The van der Waals surface area contributed by atoms with Crippen LogP contribution in [-0.2, 0) is 0 Å². The first kappa shape index (κ1) is 19.5. The van der Waals surface area contributed by atoms with E-state index in [4.69, 9.17) is 0 Å². The van der Waals surface area contributed by atoms with Crippen molar-refractivity contribution in [3.63, 3.8) is 0 Å². The summed E-state index contributed by atoms with van der Waals surface area (Å²) in [6.45, 7) is 24.2. The van der Waals surface area contributed by atoms with Gasteiger partial charge in [-0.1, -0.05) is 6.07 Å². The van der Waals surface area contributed by atoms with Crippen LogP contribution in [0.3, 0.4) is 0 Å². The minimum absolute atomic E-state index is 1.41. The van der Waals surface area contributed by atoms with Crippen LogP contribution in [0, 0.1) is 76.2 Å². The predicted octanol–water partition coefficient (Wildman–Crippen LogP) is 6.77. The van der Waals surface area contributed by atoms with Crippen LogP contribution in [0.2, 0.25) is 0 Å². The molecule has 126 valence electrons. The van der Waals surface area contributed by atoms with Gasteiger partial charge in [0.1, 0.15) is 0 Å². The van der Waals surface area contributed by atoms with Crippen LogP contribution in [0.4, 0.5) is 0 Å². The number of aryl methyl sites for hydroxylation is 2. The van der Waals surface area contributed by atoms with Crippen LogP contribution in [0.15, 0.2) is 6.07 Å². The fourth-order valence-electron chi connectivity index (χ4n) is 3.10. The first-order valence-corrected chi connectivity index (χ1v) is 8.58. The summed E-state index contributed by atoms with van der Waals surface area (Å²) in [6, 6.07) is 2.26. The Kier molecular flexibility index (Phi) is 6.22. The van der Waals surface area contributed by atoms with E-state index in [1.54, 1.807) is 0 Å². The van der Waals surface area contributed by atoms with E-state index in [0.717, 1.165) is 0 Å². The lowest BCUT2D eigenvalue weighted by molar-refractivity contribution is 1.13.